The van der Waals surface area contributed by atoms with Crippen LogP contribution in [0, 0.1) is 11.8 Å². The monoisotopic (exact) mass is 379 g/mol. The summed E-state index contributed by atoms with van der Waals surface area (Å²) in [5.41, 5.74) is 7.78. The van der Waals surface area contributed by atoms with Crippen molar-refractivity contribution in [1.29, 1.82) is 0 Å². The number of benzene rings is 2. The molecular weight excluding hydrogens is 350 g/mol. The van der Waals surface area contributed by atoms with Crippen molar-refractivity contribution in [3.05, 3.63) is 71.8 Å². The van der Waals surface area contributed by atoms with Crippen molar-refractivity contribution in [3.8, 4) is 0 Å². The molecule has 5 heteroatoms. The van der Waals surface area contributed by atoms with Gasteiger partial charge in [-0.2, -0.15) is 0 Å². The van der Waals surface area contributed by atoms with Crippen LogP contribution in [-0.2, 0) is 4.79 Å². The summed E-state index contributed by atoms with van der Waals surface area (Å²) in [6, 6.07) is 18.7. The Balaban J connectivity index is 1.74. The van der Waals surface area contributed by atoms with Gasteiger partial charge in [-0.1, -0.05) is 62.4 Å². The number of nitrogens with two attached hydrogens (primary N) is 1. The van der Waals surface area contributed by atoms with Crippen LogP contribution in [0.4, 0.5) is 0 Å². The van der Waals surface area contributed by atoms with E-state index in [2.05, 4.69) is 17.4 Å². The number of carbonyl (C=O) groups excluding carboxylic acids is 2. The Hall–Kier alpha value is -2.66. The molecule has 3 atom stereocenters. The molecule has 0 spiro atoms. The number of hydrogen-bond acceptors (Lipinski definition) is 3. The highest BCUT2D eigenvalue weighted by atomic mass is 16.2. The van der Waals surface area contributed by atoms with Crippen LogP contribution < -0.4 is 11.1 Å². The number of amides is 2. The quantitative estimate of drug-likeness (QED) is 0.810. The summed E-state index contributed by atoms with van der Waals surface area (Å²) in [7, 11) is 0. The average Bonchev–Trinajstić information content (AvgIpc) is 3.17. The third-order valence-corrected chi connectivity index (χ3v) is 5.54. The van der Waals surface area contributed by atoms with E-state index >= 15 is 0 Å². The molecule has 3 rings (SSSR count). The first-order valence-corrected chi connectivity index (χ1v) is 9.91. The van der Waals surface area contributed by atoms with Gasteiger partial charge in [0, 0.05) is 24.6 Å². The van der Waals surface area contributed by atoms with E-state index in [-0.39, 0.29) is 29.6 Å². The number of rotatable bonds is 6. The van der Waals surface area contributed by atoms with E-state index in [9.17, 15) is 9.59 Å². The van der Waals surface area contributed by atoms with Gasteiger partial charge in [-0.25, -0.2) is 0 Å². The van der Waals surface area contributed by atoms with Crippen LogP contribution in [0.15, 0.2) is 60.7 Å². The molecule has 0 aliphatic carbocycles. The van der Waals surface area contributed by atoms with E-state index in [1.54, 1.807) is 12.1 Å². The average molecular weight is 380 g/mol. The topological polar surface area (TPSA) is 75.4 Å². The number of hydrogen-bond donors (Lipinski definition) is 2. The lowest BCUT2D eigenvalue weighted by Crippen LogP contribution is -2.50. The lowest BCUT2D eigenvalue weighted by Gasteiger charge is -2.27. The van der Waals surface area contributed by atoms with Crippen LogP contribution in [0.2, 0.25) is 0 Å². The van der Waals surface area contributed by atoms with Crippen LogP contribution in [-0.4, -0.2) is 42.4 Å². The maximum atomic E-state index is 13.3. The molecule has 1 fully saturated rings. The summed E-state index contributed by atoms with van der Waals surface area (Å²) in [4.78, 5) is 27.7. The van der Waals surface area contributed by atoms with Crippen molar-refractivity contribution in [2.24, 2.45) is 17.6 Å². The maximum absolute atomic E-state index is 13.3. The van der Waals surface area contributed by atoms with Crippen LogP contribution >= 0.6 is 0 Å². The van der Waals surface area contributed by atoms with E-state index in [0.29, 0.717) is 25.2 Å². The molecule has 1 heterocycles. The van der Waals surface area contributed by atoms with Gasteiger partial charge in [-0.15, -0.1) is 0 Å². The molecule has 28 heavy (non-hydrogen) atoms. The van der Waals surface area contributed by atoms with Gasteiger partial charge in [-0.3, -0.25) is 9.59 Å². The van der Waals surface area contributed by atoms with E-state index in [0.717, 1.165) is 0 Å². The Kier molecular flexibility index (Phi) is 6.47. The summed E-state index contributed by atoms with van der Waals surface area (Å²) in [6.07, 6.45) is 0. The normalized spacial score (nSPS) is 20.2. The van der Waals surface area contributed by atoms with Crippen molar-refractivity contribution >= 4 is 11.8 Å². The standard InChI is InChI=1S/C23H29N3O2/c1-16(2)21(25-22(27)18-11-7-4-8-12-18)23(28)26-14-19(13-24)20(15-26)17-9-5-3-6-10-17/h3-12,16,19-21H,13-15,24H2,1-2H3,(H,25,27)/t19-,20+,21?/m1/s1. The van der Waals surface area contributed by atoms with Gasteiger partial charge in [0.1, 0.15) is 6.04 Å². The largest absolute Gasteiger partial charge is 0.340 e. The predicted molar refractivity (Wildman–Crippen MR) is 111 cm³/mol. The first-order valence-electron chi connectivity index (χ1n) is 9.91. The molecule has 1 unspecified atom stereocenters. The third-order valence-electron chi connectivity index (χ3n) is 5.54. The molecule has 1 aliphatic heterocycles. The minimum Gasteiger partial charge on any atom is -0.340 e. The van der Waals surface area contributed by atoms with Crippen molar-refractivity contribution in [1.82, 2.24) is 10.2 Å². The van der Waals surface area contributed by atoms with Crippen molar-refractivity contribution in [3.63, 3.8) is 0 Å². The van der Waals surface area contributed by atoms with E-state index in [4.69, 9.17) is 5.73 Å². The Bertz CT molecular complexity index is 792. The van der Waals surface area contributed by atoms with Crippen LogP contribution in [0.25, 0.3) is 0 Å². The zero-order valence-electron chi connectivity index (χ0n) is 16.5. The number of nitrogens with one attached hydrogen (secondary N) is 1. The molecule has 148 valence electrons. The van der Waals surface area contributed by atoms with Gasteiger partial charge < -0.3 is 16.0 Å². The van der Waals surface area contributed by atoms with E-state index < -0.39 is 6.04 Å². The Labute approximate surface area is 166 Å². The molecule has 0 aromatic heterocycles. The fourth-order valence-corrected chi connectivity index (χ4v) is 3.89. The fourth-order valence-electron chi connectivity index (χ4n) is 3.89. The highest BCUT2D eigenvalue weighted by Crippen LogP contribution is 2.32. The molecule has 2 aromatic carbocycles. The summed E-state index contributed by atoms with van der Waals surface area (Å²) < 4.78 is 0. The molecule has 2 amide bonds. The predicted octanol–water partition coefficient (Wildman–Crippen LogP) is 2.64. The second-order valence-electron chi connectivity index (χ2n) is 7.82. The second kappa shape index (κ2) is 9.02. The minimum absolute atomic E-state index is 0.00716. The van der Waals surface area contributed by atoms with Gasteiger partial charge in [0.15, 0.2) is 0 Å². The molecular formula is C23H29N3O2. The molecule has 0 radical (unpaired) electrons. The lowest BCUT2D eigenvalue weighted by atomic mass is 9.89. The third kappa shape index (κ3) is 4.42. The molecule has 1 aliphatic rings. The van der Waals surface area contributed by atoms with E-state index in [1.165, 1.54) is 5.56 Å². The minimum atomic E-state index is -0.555. The molecule has 1 saturated heterocycles. The van der Waals surface area contributed by atoms with Gasteiger partial charge in [0.05, 0.1) is 0 Å². The molecule has 0 bridgehead atoms. The van der Waals surface area contributed by atoms with E-state index in [1.807, 2.05) is 55.1 Å². The van der Waals surface area contributed by atoms with Gasteiger partial charge in [-0.05, 0) is 36.1 Å². The zero-order valence-corrected chi connectivity index (χ0v) is 16.5. The summed E-state index contributed by atoms with van der Waals surface area (Å²) in [5, 5.41) is 2.94. The van der Waals surface area contributed by atoms with Crippen molar-refractivity contribution in [2.45, 2.75) is 25.8 Å². The maximum Gasteiger partial charge on any atom is 0.251 e. The fraction of sp³-hybridized carbons (Fsp3) is 0.391. The number of nitrogens with zero attached hydrogens (tertiary/aromatic N) is 1. The Morgan fingerprint density at radius 3 is 2.21 bits per heavy atom. The van der Waals surface area contributed by atoms with Crippen LogP contribution in [0.3, 0.4) is 0 Å². The molecule has 3 N–H and O–H groups in total. The summed E-state index contributed by atoms with van der Waals surface area (Å²) in [6.45, 7) is 5.71. The number of carbonyl (C=O) groups is 2. The first-order chi connectivity index (χ1) is 13.5. The zero-order chi connectivity index (χ0) is 20.1. The van der Waals surface area contributed by atoms with Crippen LogP contribution in [0.1, 0.15) is 35.7 Å². The van der Waals surface area contributed by atoms with Gasteiger partial charge in [0.2, 0.25) is 5.91 Å². The second-order valence-corrected chi connectivity index (χ2v) is 7.82. The summed E-state index contributed by atoms with van der Waals surface area (Å²) >= 11 is 0. The van der Waals surface area contributed by atoms with Gasteiger partial charge in [0.25, 0.3) is 5.91 Å². The SMILES string of the molecule is CC(C)C(NC(=O)c1ccccc1)C(=O)N1C[C@@H](CN)[C@H](c2ccccc2)C1. The Morgan fingerprint density at radius 1 is 1.04 bits per heavy atom. The lowest BCUT2D eigenvalue weighted by molar-refractivity contribution is -0.133. The molecule has 5 nitrogen and oxygen atoms in total. The smallest absolute Gasteiger partial charge is 0.251 e. The molecule has 2 aromatic rings. The van der Waals surface area contributed by atoms with Crippen LogP contribution in [0.5, 0.6) is 0 Å². The summed E-state index contributed by atoms with van der Waals surface area (Å²) in [5.74, 6) is 0.196. The van der Waals surface area contributed by atoms with Gasteiger partial charge >= 0.3 is 0 Å². The molecule has 0 saturated carbocycles. The number of likely N-dealkylation sites (tertiary alicyclic amines) is 1. The highest BCUT2D eigenvalue weighted by molar-refractivity contribution is 5.97. The van der Waals surface area contributed by atoms with Crippen molar-refractivity contribution < 1.29 is 9.59 Å². The Morgan fingerprint density at radius 2 is 1.64 bits per heavy atom. The van der Waals surface area contributed by atoms with Crippen molar-refractivity contribution in [2.75, 3.05) is 19.6 Å². The highest BCUT2D eigenvalue weighted by Gasteiger charge is 2.38. The first kappa shape index (κ1) is 20.1.